The van der Waals surface area contributed by atoms with Gasteiger partial charge in [-0.2, -0.15) is 0 Å². The molecule has 1 aromatic rings. The van der Waals surface area contributed by atoms with E-state index in [0.717, 1.165) is 32.2 Å². The first-order valence-corrected chi connectivity index (χ1v) is 9.28. The molecule has 5 heteroatoms. The van der Waals surface area contributed by atoms with Crippen molar-refractivity contribution in [2.24, 2.45) is 5.92 Å². The van der Waals surface area contributed by atoms with Gasteiger partial charge in [-0.05, 0) is 63.7 Å². The molecule has 5 rings (SSSR count). The zero-order valence-corrected chi connectivity index (χ0v) is 15.0. The van der Waals surface area contributed by atoms with Crippen LogP contribution in [0.4, 0.5) is 0 Å². The van der Waals surface area contributed by atoms with Crippen molar-refractivity contribution in [3.63, 3.8) is 0 Å². The Kier molecular flexibility index (Phi) is 2.99. The number of hydrogen-bond acceptors (Lipinski definition) is 5. The molecule has 5 nitrogen and oxygen atoms in total. The highest BCUT2D eigenvalue weighted by atomic mass is 16.6. The molecule has 0 unspecified atom stereocenters. The van der Waals surface area contributed by atoms with Crippen LogP contribution in [0.15, 0.2) is 12.1 Å². The van der Waals surface area contributed by atoms with E-state index in [1.165, 1.54) is 18.1 Å². The topological polar surface area (TPSA) is 59.0 Å². The molecule has 5 atom stereocenters. The Balaban J connectivity index is 1.76. The molecule has 1 aromatic carbocycles. The molecule has 2 aliphatic carbocycles. The van der Waals surface area contributed by atoms with E-state index in [9.17, 15) is 9.90 Å². The number of ether oxygens (including phenoxy) is 2. The first-order valence-electron chi connectivity index (χ1n) is 9.28. The summed E-state index contributed by atoms with van der Waals surface area (Å²) in [5.74, 6) is 1.35. The second-order valence-corrected chi connectivity index (χ2v) is 8.56. The molecular weight excluding hydrogens is 318 g/mol. The highest BCUT2D eigenvalue weighted by molar-refractivity contribution is 5.72. The highest BCUT2D eigenvalue weighted by Gasteiger charge is 2.68. The maximum absolute atomic E-state index is 11.5. The van der Waals surface area contributed by atoms with Crippen molar-refractivity contribution in [2.45, 2.75) is 62.7 Å². The van der Waals surface area contributed by atoms with Gasteiger partial charge in [0.2, 0.25) is 0 Å². The minimum absolute atomic E-state index is 0.155. The van der Waals surface area contributed by atoms with Crippen LogP contribution in [0.1, 0.15) is 44.2 Å². The molecule has 0 aromatic heterocycles. The average molecular weight is 343 g/mol. The van der Waals surface area contributed by atoms with E-state index < -0.39 is 5.60 Å². The summed E-state index contributed by atoms with van der Waals surface area (Å²) in [5.41, 5.74) is 1.49. The molecule has 0 amide bonds. The van der Waals surface area contributed by atoms with Gasteiger partial charge in [0.25, 0.3) is 0 Å². The Hall–Kier alpha value is -1.59. The first-order chi connectivity index (χ1) is 11.8. The minimum Gasteiger partial charge on any atom is -0.482 e. The van der Waals surface area contributed by atoms with Gasteiger partial charge >= 0.3 is 5.97 Å². The number of carbonyl (C=O) groups is 1. The number of esters is 1. The minimum atomic E-state index is -0.863. The normalized spacial score (nSPS) is 41.0. The number of piperidine rings is 1. The average Bonchev–Trinajstić information content (AvgIpc) is 2.90. The monoisotopic (exact) mass is 343 g/mol. The van der Waals surface area contributed by atoms with Crippen LogP contribution >= 0.6 is 0 Å². The molecule has 2 bridgehead atoms. The first kappa shape index (κ1) is 15.6. The molecule has 1 N–H and O–H groups in total. The number of likely N-dealkylation sites (N-methyl/N-ethyl adjacent to an activating group) is 1. The van der Waals surface area contributed by atoms with Gasteiger partial charge in [-0.3, -0.25) is 4.79 Å². The van der Waals surface area contributed by atoms with Crippen molar-refractivity contribution in [3.8, 4) is 11.5 Å². The van der Waals surface area contributed by atoms with Gasteiger partial charge in [-0.15, -0.1) is 0 Å². The SMILES string of the molecule is CC(=O)Oc1ccc2c3c1O[C@@H]1[C@]34CCN(C)[C@H](C2)[C@@H]4CC[C@]1(C)O. The van der Waals surface area contributed by atoms with Gasteiger partial charge < -0.3 is 19.5 Å². The van der Waals surface area contributed by atoms with Gasteiger partial charge in [0.15, 0.2) is 11.5 Å². The van der Waals surface area contributed by atoms with Crippen molar-refractivity contribution in [1.29, 1.82) is 0 Å². The summed E-state index contributed by atoms with van der Waals surface area (Å²) in [6.07, 6.45) is 3.48. The lowest BCUT2D eigenvalue weighted by atomic mass is 9.49. The van der Waals surface area contributed by atoms with Gasteiger partial charge in [0.1, 0.15) is 6.10 Å². The van der Waals surface area contributed by atoms with Crippen LogP contribution in [0.2, 0.25) is 0 Å². The summed E-state index contributed by atoms with van der Waals surface area (Å²) in [4.78, 5) is 14.0. The fourth-order valence-corrected chi connectivity index (χ4v) is 6.22. The largest absolute Gasteiger partial charge is 0.482 e. The van der Waals surface area contributed by atoms with E-state index in [1.807, 2.05) is 13.0 Å². The van der Waals surface area contributed by atoms with Crippen LogP contribution in [0.3, 0.4) is 0 Å². The predicted molar refractivity (Wildman–Crippen MR) is 91.9 cm³/mol. The molecule has 2 heterocycles. The lowest BCUT2D eigenvalue weighted by Crippen LogP contribution is -2.69. The molecule has 134 valence electrons. The second kappa shape index (κ2) is 4.77. The number of aliphatic hydroxyl groups is 1. The van der Waals surface area contributed by atoms with Crippen LogP contribution in [0, 0.1) is 5.92 Å². The molecule has 1 saturated carbocycles. The number of rotatable bonds is 1. The van der Waals surface area contributed by atoms with Crippen LogP contribution in [-0.2, 0) is 16.6 Å². The van der Waals surface area contributed by atoms with E-state index in [0.29, 0.717) is 23.5 Å². The van der Waals surface area contributed by atoms with E-state index in [4.69, 9.17) is 9.47 Å². The molecule has 25 heavy (non-hydrogen) atoms. The van der Waals surface area contributed by atoms with Crippen molar-refractivity contribution < 1.29 is 19.4 Å². The number of likely N-dealkylation sites (tertiary alicyclic amines) is 1. The Morgan fingerprint density at radius 1 is 1.40 bits per heavy atom. The second-order valence-electron chi connectivity index (χ2n) is 8.56. The highest BCUT2D eigenvalue weighted by Crippen LogP contribution is 2.65. The molecule has 2 fully saturated rings. The number of nitrogens with zero attached hydrogens (tertiary/aromatic N) is 1. The third kappa shape index (κ3) is 1.83. The molecule has 2 aliphatic heterocycles. The van der Waals surface area contributed by atoms with Crippen LogP contribution in [0.5, 0.6) is 11.5 Å². The van der Waals surface area contributed by atoms with Gasteiger partial charge in [0.05, 0.1) is 5.60 Å². The van der Waals surface area contributed by atoms with E-state index in [-0.39, 0.29) is 17.5 Å². The number of carbonyl (C=O) groups excluding carboxylic acids is 1. The Bertz CT molecular complexity index is 773. The van der Waals surface area contributed by atoms with Crippen LogP contribution < -0.4 is 9.47 Å². The molecular formula is C20H25NO4. The third-order valence-corrected chi connectivity index (χ3v) is 7.16. The van der Waals surface area contributed by atoms with Crippen LogP contribution in [0.25, 0.3) is 0 Å². The summed E-state index contributed by atoms with van der Waals surface area (Å²) >= 11 is 0. The molecule has 1 saturated heterocycles. The standard InChI is InChI=1S/C20H25NO4/c1-11(22)24-15-5-4-12-10-14-13-6-7-19(2,23)18-20(13,8-9-21(14)3)16(12)17(15)25-18/h4-5,13-14,18,23H,6-10H2,1-3H3/t13-,14+,18-,19-,20-/m0/s1. The van der Waals surface area contributed by atoms with Crippen molar-refractivity contribution in [2.75, 3.05) is 13.6 Å². The van der Waals surface area contributed by atoms with Gasteiger partial charge in [-0.25, -0.2) is 0 Å². The van der Waals surface area contributed by atoms with Crippen molar-refractivity contribution >= 4 is 5.97 Å². The smallest absolute Gasteiger partial charge is 0.308 e. The van der Waals surface area contributed by atoms with Crippen LogP contribution in [-0.4, -0.2) is 47.3 Å². The molecule has 4 aliphatic rings. The third-order valence-electron chi connectivity index (χ3n) is 7.16. The van der Waals surface area contributed by atoms with E-state index in [2.05, 4.69) is 18.0 Å². The Morgan fingerprint density at radius 3 is 2.96 bits per heavy atom. The number of benzene rings is 1. The lowest BCUT2D eigenvalue weighted by molar-refractivity contribution is -0.148. The van der Waals surface area contributed by atoms with Gasteiger partial charge in [0, 0.05) is 23.9 Å². The lowest BCUT2D eigenvalue weighted by Gasteiger charge is -2.60. The zero-order valence-electron chi connectivity index (χ0n) is 15.0. The number of hydrogen-bond donors (Lipinski definition) is 1. The summed E-state index contributed by atoms with van der Waals surface area (Å²) in [6, 6.07) is 4.44. The maximum atomic E-state index is 11.5. The fourth-order valence-electron chi connectivity index (χ4n) is 6.22. The summed E-state index contributed by atoms with van der Waals surface area (Å²) in [5, 5.41) is 11.1. The van der Waals surface area contributed by atoms with E-state index in [1.54, 1.807) is 0 Å². The van der Waals surface area contributed by atoms with E-state index >= 15 is 0 Å². The predicted octanol–water partition coefficient (Wildman–Crippen LogP) is 2.03. The summed E-state index contributed by atoms with van der Waals surface area (Å²) < 4.78 is 11.9. The Labute approximate surface area is 147 Å². The summed E-state index contributed by atoms with van der Waals surface area (Å²) in [7, 11) is 2.22. The summed E-state index contributed by atoms with van der Waals surface area (Å²) in [6.45, 7) is 4.33. The van der Waals surface area contributed by atoms with Crippen molar-refractivity contribution in [1.82, 2.24) is 4.90 Å². The quantitative estimate of drug-likeness (QED) is 0.625. The Morgan fingerprint density at radius 2 is 2.20 bits per heavy atom. The fraction of sp³-hybridized carbons (Fsp3) is 0.650. The zero-order chi connectivity index (χ0) is 17.6. The van der Waals surface area contributed by atoms with Crippen molar-refractivity contribution in [3.05, 3.63) is 23.3 Å². The molecule has 1 spiro atoms. The molecule has 0 radical (unpaired) electrons. The van der Waals surface area contributed by atoms with Gasteiger partial charge in [-0.1, -0.05) is 6.07 Å². The maximum Gasteiger partial charge on any atom is 0.308 e.